The van der Waals surface area contributed by atoms with Crippen LogP contribution < -0.4 is 9.64 Å². The van der Waals surface area contributed by atoms with E-state index in [1.54, 1.807) is 26.4 Å². The van der Waals surface area contributed by atoms with E-state index < -0.39 is 11.7 Å². The summed E-state index contributed by atoms with van der Waals surface area (Å²) in [5, 5.41) is 9.11. The molecule has 9 heteroatoms. The summed E-state index contributed by atoms with van der Waals surface area (Å²) in [6.45, 7) is 2.54. The van der Waals surface area contributed by atoms with E-state index in [9.17, 15) is 18.0 Å². The topological polar surface area (TPSA) is 65.8 Å². The highest BCUT2D eigenvalue weighted by atomic mass is 19.4. The van der Waals surface area contributed by atoms with Gasteiger partial charge in [0, 0.05) is 44.4 Å². The summed E-state index contributed by atoms with van der Waals surface area (Å²) in [5.41, 5.74) is -0.375. The first-order valence-corrected chi connectivity index (χ1v) is 11.4. The van der Waals surface area contributed by atoms with Crippen LogP contribution in [0.4, 0.5) is 18.9 Å². The smallest absolute Gasteiger partial charge is 0.417 e. The van der Waals surface area contributed by atoms with E-state index in [1.807, 2.05) is 34.1 Å². The number of hydrogen-bond donors (Lipinski definition) is 0. The molecule has 0 bridgehead atoms. The van der Waals surface area contributed by atoms with E-state index in [4.69, 9.17) is 14.7 Å². The summed E-state index contributed by atoms with van der Waals surface area (Å²) in [5.74, 6) is 0.918. The quantitative estimate of drug-likeness (QED) is 0.613. The second kappa shape index (κ2) is 9.78. The number of alkyl halides is 3. The number of rotatable bonds is 6. The minimum absolute atomic E-state index is 0.0141. The van der Waals surface area contributed by atoms with Gasteiger partial charge in [0.2, 0.25) is 5.91 Å². The van der Waals surface area contributed by atoms with Crippen molar-refractivity contribution in [1.29, 1.82) is 5.26 Å². The van der Waals surface area contributed by atoms with Crippen LogP contribution in [0.25, 0.3) is 0 Å². The van der Waals surface area contributed by atoms with E-state index in [0.717, 1.165) is 23.8 Å². The minimum Gasteiger partial charge on any atom is -0.497 e. The van der Waals surface area contributed by atoms with Crippen LogP contribution in [0.15, 0.2) is 42.5 Å². The molecule has 0 spiro atoms. The molecule has 2 aromatic carbocycles. The lowest BCUT2D eigenvalue weighted by Crippen LogP contribution is -2.53. The molecule has 0 radical (unpaired) electrons. The number of halogens is 3. The molecule has 2 aliphatic heterocycles. The Balaban J connectivity index is 1.53. The van der Waals surface area contributed by atoms with Gasteiger partial charge in [0.05, 0.1) is 37.3 Å². The summed E-state index contributed by atoms with van der Waals surface area (Å²) in [7, 11) is 3.20. The number of nitrogens with zero attached hydrogens (tertiary/aromatic N) is 3. The largest absolute Gasteiger partial charge is 0.497 e. The lowest BCUT2D eigenvalue weighted by Gasteiger charge is -2.43. The third-order valence-corrected chi connectivity index (χ3v) is 7.16. The lowest BCUT2D eigenvalue weighted by atomic mass is 9.74. The molecule has 2 fully saturated rings. The zero-order valence-electron chi connectivity index (χ0n) is 19.8. The number of nitriles is 1. The molecule has 35 heavy (non-hydrogen) atoms. The molecule has 2 saturated heterocycles. The van der Waals surface area contributed by atoms with E-state index in [2.05, 4.69) is 0 Å². The Morgan fingerprint density at radius 3 is 2.54 bits per heavy atom. The molecule has 0 saturated carbocycles. The number of amides is 1. The maximum absolute atomic E-state index is 13.5. The Hall–Kier alpha value is -3.25. The minimum atomic E-state index is -4.61. The first kappa shape index (κ1) is 24.9. The van der Waals surface area contributed by atoms with Gasteiger partial charge in [-0.2, -0.15) is 18.4 Å². The predicted octanol–water partition coefficient (Wildman–Crippen LogP) is 4.13. The molecule has 2 aromatic rings. The van der Waals surface area contributed by atoms with Gasteiger partial charge >= 0.3 is 6.18 Å². The first-order valence-electron chi connectivity index (χ1n) is 11.4. The second-order valence-corrected chi connectivity index (χ2v) is 9.34. The second-order valence-electron chi connectivity index (χ2n) is 9.34. The van der Waals surface area contributed by atoms with Crippen molar-refractivity contribution < 1.29 is 27.4 Å². The average molecular weight is 488 g/mol. The van der Waals surface area contributed by atoms with Crippen molar-refractivity contribution in [3.8, 4) is 11.8 Å². The summed E-state index contributed by atoms with van der Waals surface area (Å²) in [6, 6.07) is 12.9. The van der Waals surface area contributed by atoms with Crippen LogP contribution in [0.5, 0.6) is 5.75 Å². The van der Waals surface area contributed by atoms with Crippen molar-refractivity contribution in [3.05, 3.63) is 59.2 Å². The number of carbonyl (C=O) groups is 1. The van der Waals surface area contributed by atoms with Gasteiger partial charge in [-0.1, -0.05) is 12.1 Å². The fraction of sp³-hybridized carbons (Fsp3) is 0.462. The van der Waals surface area contributed by atoms with E-state index in [1.165, 1.54) is 6.07 Å². The molecule has 2 heterocycles. The highest BCUT2D eigenvalue weighted by Crippen LogP contribution is 2.45. The Bertz CT molecular complexity index is 1110. The summed E-state index contributed by atoms with van der Waals surface area (Å²) in [4.78, 5) is 16.9. The number of piperidine rings is 1. The van der Waals surface area contributed by atoms with Crippen molar-refractivity contribution in [2.24, 2.45) is 11.3 Å². The molecule has 4 rings (SSSR count). The average Bonchev–Trinajstić information content (AvgIpc) is 3.22. The predicted molar refractivity (Wildman–Crippen MR) is 124 cm³/mol. The van der Waals surface area contributed by atoms with Crippen molar-refractivity contribution in [2.45, 2.75) is 19.0 Å². The van der Waals surface area contributed by atoms with E-state index >= 15 is 0 Å². The van der Waals surface area contributed by atoms with Crippen LogP contribution in [0.3, 0.4) is 0 Å². The van der Waals surface area contributed by atoms with Gasteiger partial charge in [0.25, 0.3) is 0 Å². The van der Waals surface area contributed by atoms with Gasteiger partial charge in [-0.05, 0) is 48.2 Å². The van der Waals surface area contributed by atoms with E-state index in [0.29, 0.717) is 38.5 Å². The van der Waals surface area contributed by atoms with Crippen molar-refractivity contribution in [2.75, 3.05) is 51.9 Å². The first-order chi connectivity index (χ1) is 16.7. The molecule has 2 aliphatic rings. The molecule has 6 nitrogen and oxygen atoms in total. The van der Waals surface area contributed by atoms with Crippen LogP contribution in [-0.4, -0.2) is 57.8 Å². The molecule has 186 valence electrons. The van der Waals surface area contributed by atoms with Crippen LogP contribution >= 0.6 is 0 Å². The number of hydrogen-bond acceptors (Lipinski definition) is 5. The fourth-order valence-corrected chi connectivity index (χ4v) is 5.38. The third kappa shape index (κ3) is 5.08. The van der Waals surface area contributed by atoms with Crippen LogP contribution in [0.2, 0.25) is 0 Å². The number of ether oxygens (including phenoxy) is 2. The maximum Gasteiger partial charge on any atom is 0.417 e. The molecule has 0 aliphatic carbocycles. The van der Waals surface area contributed by atoms with Gasteiger partial charge in [-0.15, -0.1) is 0 Å². The Kier molecular flexibility index (Phi) is 6.95. The van der Waals surface area contributed by atoms with Gasteiger partial charge in [0.15, 0.2) is 0 Å². The van der Waals surface area contributed by atoms with Gasteiger partial charge in [-0.3, -0.25) is 4.79 Å². The number of benzene rings is 2. The highest BCUT2D eigenvalue weighted by Gasteiger charge is 2.51. The van der Waals surface area contributed by atoms with Crippen LogP contribution in [-0.2, 0) is 22.1 Å². The monoisotopic (exact) mass is 487 g/mol. The number of methoxy groups -OCH3 is 2. The van der Waals surface area contributed by atoms with E-state index in [-0.39, 0.29) is 29.2 Å². The Labute approximate surface area is 202 Å². The highest BCUT2D eigenvalue weighted by molar-refractivity contribution is 5.79. The lowest BCUT2D eigenvalue weighted by molar-refractivity contribution is -0.138. The van der Waals surface area contributed by atoms with Gasteiger partial charge in [0.1, 0.15) is 5.75 Å². The SMILES string of the molecule is COC[C@@]12CN(C(=O)Cc3ccc(OC)cc3)CC[C@@H]1CN(c1ccc(C#N)c(C(F)(F)F)c1)C2. The summed E-state index contributed by atoms with van der Waals surface area (Å²) in [6.07, 6.45) is -3.59. The molecule has 2 atom stereocenters. The zero-order valence-corrected chi connectivity index (χ0v) is 19.8. The zero-order chi connectivity index (χ0) is 25.2. The summed E-state index contributed by atoms with van der Waals surface area (Å²) < 4.78 is 51.3. The Morgan fingerprint density at radius 1 is 1.17 bits per heavy atom. The number of carbonyl (C=O) groups excluding carboxylic acids is 1. The maximum atomic E-state index is 13.5. The van der Waals surface area contributed by atoms with Gasteiger partial charge in [-0.25, -0.2) is 0 Å². The molecular formula is C26H28F3N3O3. The standard InChI is InChI=1S/C26H28F3N3O3/c1-34-17-25-15-31(24(33)11-18-3-7-22(35-2)8-4-18)10-9-20(25)14-32(16-25)21-6-5-19(13-30)23(12-21)26(27,28)29/h3-8,12,20H,9-11,14-17H2,1-2H3/t20-,25+/m1/s1. The van der Waals surface area contributed by atoms with Crippen molar-refractivity contribution in [1.82, 2.24) is 4.90 Å². The normalized spacial score (nSPS) is 22.0. The molecule has 0 aromatic heterocycles. The molecular weight excluding hydrogens is 459 g/mol. The third-order valence-electron chi connectivity index (χ3n) is 7.16. The molecule has 1 amide bonds. The number of fused-ring (bicyclic) bond motifs is 1. The van der Waals surface area contributed by atoms with Crippen molar-refractivity contribution in [3.63, 3.8) is 0 Å². The Morgan fingerprint density at radius 2 is 1.91 bits per heavy atom. The number of anilines is 1. The van der Waals surface area contributed by atoms with Crippen molar-refractivity contribution >= 4 is 11.6 Å². The van der Waals surface area contributed by atoms with Crippen LogP contribution in [0.1, 0.15) is 23.1 Å². The fourth-order valence-electron chi connectivity index (χ4n) is 5.38. The van der Waals surface area contributed by atoms with Crippen LogP contribution in [0, 0.1) is 22.7 Å². The molecule has 0 unspecified atom stereocenters. The summed E-state index contributed by atoms with van der Waals surface area (Å²) >= 11 is 0. The van der Waals surface area contributed by atoms with Gasteiger partial charge < -0.3 is 19.3 Å². The number of likely N-dealkylation sites (tertiary alicyclic amines) is 1. The molecule has 0 N–H and O–H groups in total.